The fraction of sp³-hybridized carbons (Fsp3) is 0.314. The number of anilines is 3. The van der Waals surface area contributed by atoms with Gasteiger partial charge in [-0.05, 0) is 54.5 Å². The Labute approximate surface area is 290 Å². The number of hydrogen-bond acceptors (Lipinski definition) is 8. The van der Waals surface area contributed by atoms with E-state index in [2.05, 4.69) is 23.1 Å². The molecular formula is C35H32ClF3N6O5. The predicted molar refractivity (Wildman–Crippen MR) is 178 cm³/mol. The molecule has 1 aromatic carbocycles. The van der Waals surface area contributed by atoms with Crippen LogP contribution >= 0.6 is 11.6 Å². The summed E-state index contributed by atoms with van der Waals surface area (Å²) in [6.07, 6.45) is -0.974. The van der Waals surface area contributed by atoms with E-state index in [9.17, 15) is 32.3 Å². The third-order valence-electron chi connectivity index (χ3n) is 9.10. The van der Waals surface area contributed by atoms with Crippen molar-refractivity contribution in [3.8, 4) is 0 Å². The van der Waals surface area contributed by atoms with Gasteiger partial charge in [0.25, 0.3) is 0 Å². The zero-order valence-corrected chi connectivity index (χ0v) is 27.9. The molecule has 0 saturated carbocycles. The molecule has 11 nitrogen and oxygen atoms in total. The largest absolute Gasteiger partial charge is 0.460 e. The van der Waals surface area contributed by atoms with Crippen LogP contribution in [0.5, 0.6) is 0 Å². The second-order valence-corrected chi connectivity index (χ2v) is 12.7. The van der Waals surface area contributed by atoms with Crippen molar-refractivity contribution in [1.82, 2.24) is 14.9 Å². The van der Waals surface area contributed by atoms with Gasteiger partial charge in [-0.15, -0.1) is 0 Å². The summed E-state index contributed by atoms with van der Waals surface area (Å²) in [4.78, 5) is 67.0. The molecule has 50 heavy (non-hydrogen) atoms. The van der Waals surface area contributed by atoms with E-state index < -0.39 is 47.5 Å². The van der Waals surface area contributed by atoms with Gasteiger partial charge in [0, 0.05) is 57.0 Å². The number of pyridine rings is 2. The number of ether oxygens (including phenoxy) is 1. The Hall–Kier alpha value is -5.24. The summed E-state index contributed by atoms with van der Waals surface area (Å²) in [6.45, 7) is 8.78. The van der Waals surface area contributed by atoms with E-state index in [4.69, 9.17) is 16.3 Å². The molecule has 6 rings (SSSR count). The number of nitrogens with zero attached hydrogens (tertiary/aromatic N) is 6. The van der Waals surface area contributed by atoms with Crippen LogP contribution in [0.3, 0.4) is 0 Å². The normalized spacial score (nSPS) is 20.2. The summed E-state index contributed by atoms with van der Waals surface area (Å²) >= 11 is 6.78. The molecule has 260 valence electrons. The Balaban J connectivity index is 1.37. The van der Waals surface area contributed by atoms with Crippen LogP contribution in [0, 0.1) is 12.8 Å². The van der Waals surface area contributed by atoms with Crippen LogP contribution in [0.15, 0.2) is 67.9 Å². The summed E-state index contributed by atoms with van der Waals surface area (Å²) in [6, 6.07) is 6.84. The molecule has 1 saturated heterocycles. The molecule has 0 bridgehead atoms. The predicted octanol–water partition coefficient (Wildman–Crippen LogP) is 5.16. The number of para-hydroxylation sites is 1. The number of carbonyl (C=O) groups is 4. The summed E-state index contributed by atoms with van der Waals surface area (Å²) in [5, 5.41) is 0.345. The third kappa shape index (κ3) is 6.30. The maximum absolute atomic E-state index is 14.1. The Kier molecular flexibility index (Phi) is 9.16. The summed E-state index contributed by atoms with van der Waals surface area (Å²) < 4.78 is 46.6. The first kappa shape index (κ1) is 34.6. The number of likely N-dealkylation sites (N-methyl/N-ethyl adjacent to an activating group) is 1. The Morgan fingerprint density at radius 3 is 2.60 bits per heavy atom. The lowest BCUT2D eigenvalue weighted by molar-refractivity contribution is -0.142. The number of halogens is 4. The highest BCUT2D eigenvalue weighted by Crippen LogP contribution is 2.44. The second kappa shape index (κ2) is 13.2. The molecule has 3 aliphatic rings. The number of amides is 3. The van der Waals surface area contributed by atoms with E-state index in [-0.39, 0.29) is 50.1 Å². The topological polar surface area (TPSA) is 116 Å². The van der Waals surface area contributed by atoms with Gasteiger partial charge in [0.15, 0.2) is 0 Å². The molecule has 0 radical (unpaired) electrons. The number of esters is 1. The van der Waals surface area contributed by atoms with Crippen molar-refractivity contribution >= 4 is 52.5 Å². The van der Waals surface area contributed by atoms with E-state index >= 15 is 0 Å². The average Bonchev–Trinajstić information content (AvgIpc) is 3.60. The minimum absolute atomic E-state index is 0.0510. The lowest BCUT2D eigenvalue weighted by atomic mass is 9.95. The van der Waals surface area contributed by atoms with Crippen molar-refractivity contribution in [3.05, 3.63) is 101 Å². The van der Waals surface area contributed by atoms with Crippen molar-refractivity contribution in [2.45, 2.75) is 44.7 Å². The van der Waals surface area contributed by atoms with E-state index in [1.54, 1.807) is 24.4 Å². The number of aryl methyl sites for hydroxylation is 1. The Morgan fingerprint density at radius 1 is 1.14 bits per heavy atom. The van der Waals surface area contributed by atoms with Crippen LogP contribution < -0.4 is 14.7 Å². The first-order valence-corrected chi connectivity index (χ1v) is 16.0. The monoisotopic (exact) mass is 708 g/mol. The van der Waals surface area contributed by atoms with Crippen molar-refractivity contribution in [1.29, 1.82) is 0 Å². The highest BCUT2D eigenvalue weighted by molar-refractivity contribution is 6.34. The van der Waals surface area contributed by atoms with Crippen molar-refractivity contribution in [2.24, 2.45) is 5.92 Å². The molecule has 3 aromatic rings. The Bertz CT molecular complexity index is 1940. The molecule has 1 unspecified atom stereocenters. The lowest BCUT2D eigenvalue weighted by Gasteiger charge is -2.39. The number of carbonyl (C=O) groups excluding carboxylic acids is 4. The van der Waals surface area contributed by atoms with E-state index in [0.29, 0.717) is 27.7 Å². The van der Waals surface area contributed by atoms with Gasteiger partial charge in [-0.1, -0.05) is 30.8 Å². The lowest BCUT2D eigenvalue weighted by Crippen LogP contribution is -2.52. The minimum Gasteiger partial charge on any atom is -0.460 e. The summed E-state index contributed by atoms with van der Waals surface area (Å²) in [7, 11) is 1.53. The smallest absolute Gasteiger partial charge is 0.416 e. The van der Waals surface area contributed by atoms with Crippen LogP contribution in [-0.4, -0.2) is 64.8 Å². The van der Waals surface area contributed by atoms with Crippen LogP contribution in [0.25, 0.3) is 0 Å². The van der Waals surface area contributed by atoms with Gasteiger partial charge in [-0.3, -0.25) is 24.3 Å². The number of rotatable bonds is 7. The molecule has 3 aliphatic heterocycles. The van der Waals surface area contributed by atoms with Crippen molar-refractivity contribution in [2.75, 3.05) is 34.9 Å². The van der Waals surface area contributed by atoms with E-state index in [1.165, 1.54) is 29.8 Å². The zero-order valence-electron chi connectivity index (χ0n) is 27.1. The van der Waals surface area contributed by atoms with Crippen LogP contribution in [-0.2, 0) is 43.2 Å². The van der Waals surface area contributed by atoms with Gasteiger partial charge < -0.3 is 19.4 Å². The maximum Gasteiger partial charge on any atom is 0.416 e. The molecule has 0 spiro atoms. The van der Waals surface area contributed by atoms with Gasteiger partial charge in [-0.2, -0.15) is 13.2 Å². The van der Waals surface area contributed by atoms with Gasteiger partial charge >= 0.3 is 12.1 Å². The highest BCUT2D eigenvalue weighted by atomic mass is 35.5. The van der Waals surface area contributed by atoms with Gasteiger partial charge in [0.1, 0.15) is 24.5 Å². The zero-order chi connectivity index (χ0) is 36.1. The van der Waals surface area contributed by atoms with Crippen LogP contribution in [0.2, 0.25) is 5.02 Å². The third-order valence-corrected chi connectivity index (χ3v) is 9.40. The minimum atomic E-state index is -4.69. The van der Waals surface area contributed by atoms with E-state index in [0.717, 1.165) is 28.7 Å². The fourth-order valence-electron chi connectivity index (χ4n) is 6.89. The molecule has 3 amide bonds. The molecule has 0 N–H and O–H groups in total. The van der Waals surface area contributed by atoms with Gasteiger partial charge in [0.05, 0.1) is 27.7 Å². The number of fused-ring (bicyclic) bond motifs is 3. The number of hydrogen-bond donors (Lipinski definition) is 0. The van der Waals surface area contributed by atoms with Crippen LogP contribution in [0.4, 0.5) is 30.4 Å². The quantitative estimate of drug-likeness (QED) is 0.244. The number of benzene rings is 1. The van der Waals surface area contributed by atoms with Crippen LogP contribution in [0.1, 0.15) is 40.5 Å². The molecule has 3 atom stereocenters. The van der Waals surface area contributed by atoms with Gasteiger partial charge in [0.2, 0.25) is 17.7 Å². The van der Waals surface area contributed by atoms with Crippen molar-refractivity contribution in [3.63, 3.8) is 0 Å². The molecule has 0 aliphatic carbocycles. The summed E-state index contributed by atoms with van der Waals surface area (Å²) in [5.74, 6) is -2.92. The average molecular weight is 709 g/mol. The highest BCUT2D eigenvalue weighted by Gasteiger charge is 2.49. The summed E-state index contributed by atoms with van der Waals surface area (Å²) in [5.41, 5.74) is 2.04. The Morgan fingerprint density at radius 2 is 1.90 bits per heavy atom. The first-order chi connectivity index (χ1) is 23.7. The number of alkyl halides is 3. The number of aromatic nitrogens is 2. The standard InChI is InChI=1S/C35H32ClF3N6O5/c1-5-28(46)44-17-21-11-20(14-40-31(21)26(44)18-50-30(48)6-2)15-43-16-22-12-29(47)45(27-13-23(35(37,38)39)10-19(3)41-27)32(22)34(49)42(4)25-9-7-8-24(36)33(25)43/h5-11,13-14,22,26,32H,1-2,12,15-18H2,3-4H3/t22-,26?,32+/m1/s1. The first-order valence-electron chi connectivity index (χ1n) is 15.6. The molecule has 2 aromatic heterocycles. The fourth-order valence-corrected chi connectivity index (χ4v) is 7.18. The van der Waals surface area contributed by atoms with E-state index in [1.807, 2.05) is 11.0 Å². The SMILES string of the molecule is C=CC(=O)OCC1c2ncc(CN3C[C@H]4CC(=O)N(c5cc(C(F)(F)F)cc(C)n5)[C@@H]4C(=O)N(C)c4cccc(Cl)c43)cc2CN1C(=O)C=C. The molecular weight excluding hydrogens is 677 g/mol. The maximum atomic E-state index is 14.1. The molecule has 5 heterocycles. The molecule has 1 fully saturated rings. The second-order valence-electron chi connectivity index (χ2n) is 12.3. The molecule has 15 heteroatoms. The van der Waals surface area contributed by atoms with Gasteiger partial charge in [-0.25, -0.2) is 9.78 Å². The van der Waals surface area contributed by atoms with Crippen molar-refractivity contribution < 1.29 is 37.1 Å².